The fourth-order valence-corrected chi connectivity index (χ4v) is 1.90. The Bertz CT molecular complexity index is 569. The van der Waals surface area contributed by atoms with Crippen LogP contribution in [0.3, 0.4) is 0 Å². The molecule has 2 rings (SSSR count). The standard InChI is InChI=1S/C11H8Cl2FNO2/c12-7-1-2-8(13)9(4-7)15-10(16)3-6(5-14)11(15)17/h1-4,16-17H,5H2. The fraction of sp³-hybridized carbons (Fsp3) is 0.0909. The molecule has 0 fully saturated rings. The molecule has 1 aromatic carbocycles. The molecule has 0 amide bonds. The largest absolute Gasteiger partial charge is 0.494 e. The maximum Gasteiger partial charge on any atom is 0.204 e. The van der Waals surface area contributed by atoms with Gasteiger partial charge < -0.3 is 10.2 Å². The highest BCUT2D eigenvalue weighted by atomic mass is 35.5. The number of halogens is 3. The van der Waals surface area contributed by atoms with Crippen molar-refractivity contribution in [2.45, 2.75) is 6.67 Å². The Morgan fingerprint density at radius 2 is 1.88 bits per heavy atom. The summed E-state index contributed by atoms with van der Waals surface area (Å²) in [5, 5.41) is 20.1. The van der Waals surface area contributed by atoms with Gasteiger partial charge in [0.15, 0.2) is 5.88 Å². The van der Waals surface area contributed by atoms with Crippen LogP contribution < -0.4 is 0 Å². The van der Waals surface area contributed by atoms with Crippen molar-refractivity contribution in [3.05, 3.63) is 39.9 Å². The predicted octanol–water partition coefficient (Wildman–Crippen LogP) is 3.66. The van der Waals surface area contributed by atoms with Crippen molar-refractivity contribution in [1.29, 1.82) is 0 Å². The highest BCUT2D eigenvalue weighted by Gasteiger charge is 2.17. The summed E-state index contributed by atoms with van der Waals surface area (Å²) in [4.78, 5) is 0. The number of aromatic hydroxyl groups is 2. The zero-order chi connectivity index (χ0) is 12.6. The number of benzene rings is 1. The first-order valence-electron chi connectivity index (χ1n) is 4.68. The van der Waals surface area contributed by atoms with Gasteiger partial charge in [-0.15, -0.1) is 0 Å². The van der Waals surface area contributed by atoms with E-state index in [1.165, 1.54) is 12.1 Å². The van der Waals surface area contributed by atoms with Crippen LogP contribution in [0.4, 0.5) is 4.39 Å². The van der Waals surface area contributed by atoms with Crippen LogP contribution in [0.5, 0.6) is 11.8 Å². The van der Waals surface area contributed by atoms with Crippen molar-refractivity contribution >= 4 is 23.2 Å². The molecular weight excluding hydrogens is 268 g/mol. The van der Waals surface area contributed by atoms with E-state index in [0.29, 0.717) is 5.02 Å². The van der Waals surface area contributed by atoms with Crippen LogP contribution in [-0.4, -0.2) is 14.8 Å². The summed E-state index contributed by atoms with van der Waals surface area (Å²) in [5.74, 6) is -0.700. The lowest BCUT2D eigenvalue weighted by atomic mass is 10.3. The minimum atomic E-state index is -0.884. The second-order valence-corrected chi connectivity index (χ2v) is 4.26. The van der Waals surface area contributed by atoms with Crippen molar-refractivity contribution in [1.82, 2.24) is 4.57 Å². The molecule has 17 heavy (non-hydrogen) atoms. The Morgan fingerprint density at radius 1 is 1.18 bits per heavy atom. The summed E-state index contributed by atoms with van der Waals surface area (Å²) in [6, 6.07) is 5.69. The van der Waals surface area contributed by atoms with Crippen LogP contribution in [-0.2, 0) is 6.67 Å². The zero-order valence-electron chi connectivity index (χ0n) is 8.49. The molecule has 0 atom stereocenters. The lowest BCUT2D eigenvalue weighted by Gasteiger charge is -2.09. The molecule has 90 valence electrons. The van der Waals surface area contributed by atoms with Crippen molar-refractivity contribution in [3.8, 4) is 17.4 Å². The lowest BCUT2D eigenvalue weighted by Crippen LogP contribution is -1.94. The monoisotopic (exact) mass is 275 g/mol. The van der Waals surface area contributed by atoms with E-state index in [1.54, 1.807) is 6.07 Å². The Labute approximate surface area is 107 Å². The lowest BCUT2D eigenvalue weighted by molar-refractivity contribution is 0.393. The summed E-state index contributed by atoms with van der Waals surface area (Å²) in [6.07, 6.45) is 0. The summed E-state index contributed by atoms with van der Waals surface area (Å²) < 4.78 is 13.6. The molecule has 0 unspecified atom stereocenters. The van der Waals surface area contributed by atoms with Gasteiger partial charge in [0.05, 0.1) is 10.7 Å². The first-order valence-corrected chi connectivity index (χ1v) is 5.44. The van der Waals surface area contributed by atoms with E-state index >= 15 is 0 Å². The van der Waals surface area contributed by atoms with Gasteiger partial charge in [0.2, 0.25) is 5.88 Å². The molecule has 2 aromatic rings. The highest BCUT2D eigenvalue weighted by molar-refractivity contribution is 6.34. The molecule has 0 aliphatic heterocycles. The van der Waals surface area contributed by atoms with Gasteiger partial charge in [0.25, 0.3) is 0 Å². The van der Waals surface area contributed by atoms with Gasteiger partial charge in [-0.3, -0.25) is 0 Å². The fourth-order valence-electron chi connectivity index (χ4n) is 1.53. The SMILES string of the molecule is Oc1cc(CF)c(O)n1-c1cc(Cl)ccc1Cl. The van der Waals surface area contributed by atoms with Crippen molar-refractivity contribution < 1.29 is 14.6 Å². The van der Waals surface area contributed by atoms with Crippen LogP contribution in [0.15, 0.2) is 24.3 Å². The Hall–Kier alpha value is -1.39. The average Bonchev–Trinajstić information content (AvgIpc) is 2.58. The van der Waals surface area contributed by atoms with E-state index in [4.69, 9.17) is 23.2 Å². The smallest absolute Gasteiger partial charge is 0.204 e. The first kappa shape index (κ1) is 12.1. The number of hydrogen-bond donors (Lipinski definition) is 2. The topological polar surface area (TPSA) is 45.4 Å². The second kappa shape index (κ2) is 4.47. The van der Waals surface area contributed by atoms with Crippen LogP contribution in [0.1, 0.15) is 5.56 Å². The van der Waals surface area contributed by atoms with Gasteiger partial charge in [-0.1, -0.05) is 23.2 Å². The Morgan fingerprint density at radius 3 is 2.47 bits per heavy atom. The third-order valence-electron chi connectivity index (χ3n) is 2.32. The van der Waals surface area contributed by atoms with Crippen molar-refractivity contribution in [2.75, 3.05) is 0 Å². The number of alkyl halides is 1. The molecule has 1 aromatic heterocycles. The molecule has 2 N–H and O–H groups in total. The zero-order valence-corrected chi connectivity index (χ0v) is 10.0. The number of hydrogen-bond acceptors (Lipinski definition) is 2. The minimum Gasteiger partial charge on any atom is -0.494 e. The molecule has 0 bridgehead atoms. The normalized spacial score (nSPS) is 10.8. The average molecular weight is 276 g/mol. The summed E-state index contributed by atoms with van der Waals surface area (Å²) in [6.45, 7) is -0.884. The van der Waals surface area contributed by atoms with Crippen LogP contribution in [0.25, 0.3) is 5.69 Å². The molecule has 0 saturated heterocycles. The van der Waals surface area contributed by atoms with E-state index < -0.39 is 12.6 Å². The molecule has 0 radical (unpaired) electrons. The van der Waals surface area contributed by atoms with Crippen LogP contribution >= 0.6 is 23.2 Å². The maximum absolute atomic E-state index is 12.5. The van der Waals surface area contributed by atoms with E-state index in [-0.39, 0.29) is 22.2 Å². The summed E-state index contributed by atoms with van der Waals surface area (Å²) in [5.41, 5.74) is 0.271. The first-order chi connectivity index (χ1) is 8.04. The van der Waals surface area contributed by atoms with Crippen molar-refractivity contribution in [2.24, 2.45) is 0 Å². The second-order valence-electron chi connectivity index (χ2n) is 3.42. The summed E-state index contributed by atoms with van der Waals surface area (Å²) >= 11 is 11.7. The number of rotatable bonds is 2. The molecule has 0 spiro atoms. The van der Waals surface area contributed by atoms with Crippen LogP contribution in [0.2, 0.25) is 10.0 Å². The van der Waals surface area contributed by atoms with Gasteiger partial charge in [0.1, 0.15) is 6.67 Å². The molecule has 1 heterocycles. The van der Waals surface area contributed by atoms with E-state index in [1.807, 2.05) is 0 Å². The molecule has 0 saturated carbocycles. The van der Waals surface area contributed by atoms with E-state index in [2.05, 4.69) is 0 Å². The molecule has 3 nitrogen and oxygen atoms in total. The maximum atomic E-state index is 12.5. The van der Waals surface area contributed by atoms with Gasteiger partial charge >= 0.3 is 0 Å². The molecular formula is C11H8Cl2FNO2. The van der Waals surface area contributed by atoms with E-state index in [0.717, 1.165) is 10.6 Å². The van der Waals surface area contributed by atoms with E-state index in [9.17, 15) is 14.6 Å². The van der Waals surface area contributed by atoms with Gasteiger partial charge in [-0.25, -0.2) is 8.96 Å². The van der Waals surface area contributed by atoms with Gasteiger partial charge in [-0.05, 0) is 18.2 Å². The highest BCUT2D eigenvalue weighted by Crippen LogP contribution is 2.35. The number of aromatic nitrogens is 1. The molecule has 0 aliphatic carbocycles. The molecule has 6 heteroatoms. The number of nitrogens with zero attached hydrogens (tertiary/aromatic N) is 1. The minimum absolute atomic E-state index is 0.0152. The summed E-state index contributed by atoms with van der Waals surface area (Å²) in [7, 11) is 0. The van der Waals surface area contributed by atoms with Crippen molar-refractivity contribution in [3.63, 3.8) is 0 Å². The Balaban J connectivity index is 2.68. The van der Waals surface area contributed by atoms with Crippen LogP contribution in [0, 0.1) is 0 Å². The predicted molar refractivity (Wildman–Crippen MR) is 63.9 cm³/mol. The quantitative estimate of drug-likeness (QED) is 0.879. The third-order valence-corrected chi connectivity index (χ3v) is 2.88. The van der Waals surface area contributed by atoms with Gasteiger partial charge in [0, 0.05) is 16.7 Å². The third kappa shape index (κ3) is 2.06. The van der Waals surface area contributed by atoms with Gasteiger partial charge in [-0.2, -0.15) is 0 Å². The molecule has 0 aliphatic rings. The Kier molecular flexibility index (Phi) is 3.17.